The Morgan fingerprint density at radius 2 is 1.00 bits per heavy atom. The Kier molecular flexibility index (Phi) is 17.1. The molecular weight excluding hydrogens is 769 g/mol. The van der Waals surface area contributed by atoms with Gasteiger partial charge in [0.05, 0.1) is 32.3 Å². The van der Waals surface area contributed by atoms with Crippen LogP contribution in [-0.2, 0) is 30.7 Å². The lowest BCUT2D eigenvalue weighted by Gasteiger charge is -2.36. The van der Waals surface area contributed by atoms with Crippen LogP contribution in [0.15, 0.2) is 97.1 Å². The van der Waals surface area contributed by atoms with Crippen molar-refractivity contribution in [3.05, 3.63) is 142 Å². The molecule has 2 saturated heterocycles. The summed E-state index contributed by atoms with van der Waals surface area (Å²) in [7, 11) is 5.33. The maximum atomic E-state index is 14.7. The topological polar surface area (TPSA) is 123 Å². The molecule has 12 nitrogen and oxygen atoms in total. The maximum absolute atomic E-state index is 14.7. The van der Waals surface area contributed by atoms with Gasteiger partial charge in [-0.2, -0.15) is 0 Å². The van der Waals surface area contributed by atoms with Crippen LogP contribution < -0.4 is 5.73 Å². The summed E-state index contributed by atoms with van der Waals surface area (Å²) in [6, 6.07) is 28.3. The maximum Gasteiger partial charge on any atom is 0.337 e. The zero-order valence-corrected chi connectivity index (χ0v) is 34.9. The second-order valence-electron chi connectivity index (χ2n) is 15.2. The number of carbonyl (C=O) groups excluding carboxylic acids is 4. The predicted molar refractivity (Wildman–Crippen MR) is 228 cm³/mol. The highest BCUT2D eigenvalue weighted by Crippen LogP contribution is 2.19. The van der Waals surface area contributed by atoms with Crippen LogP contribution in [-0.4, -0.2) is 146 Å². The van der Waals surface area contributed by atoms with E-state index >= 15 is 0 Å². The number of amides is 4. The SMILES string of the molecule is CN1CCN(C(=O)N(CCc2ccccc2)Cc2ccc(C(=O)CN)cc2F)CC1.COC(=O)c1ccc(CN(CCc2ccccc2)C(=O)N2CCN(C)CC2)c(F)c1. The van der Waals surface area contributed by atoms with Crippen LogP contribution in [0.2, 0.25) is 0 Å². The Bertz CT molecular complexity index is 1880. The van der Waals surface area contributed by atoms with E-state index in [0.717, 1.165) is 43.4 Å². The van der Waals surface area contributed by atoms with Crippen molar-refractivity contribution in [2.45, 2.75) is 25.9 Å². The van der Waals surface area contributed by atoms with E-state index in [1.54, 1.807) is 28.0 Å². The van der Waals surface area contributed by atoms with Crippen molar-refractivity contribution in [3.8, 4) is 0 Å². The number of nitrogens with two attached hydrogens (primary N) is 1. The van der Waals surface area contributed by atoms with Gasteiger partial charge >= 0.3 is 18.0 Å². The molecule has 0 unspecified atom stereocenters. The van der Waals surface area contributed by atoms with E-state index in [-0.39, 0.29) is 48.6 Å². The van der Waals surface area contributed by atoms with Crippen molar-refractivity contribution in [2.24, 2.45) is 5.73 Å². The van der Waals surface area contributed by atoms with Gasteiger partial charge in [-0.05, 0) is 56.3 Å². The molecule has 0 aliphatic carbocycles. The Labute approximate surface area is 352 Å². The van der Waals surface area contributed by atoms with Gasteiger partial charge < -0.3 is 39.9 Å². The van der Waals surface area contributed by atoms with E-state index in [4.69, 9.17) is 5.73 Å². The molecule has 0 aromatic heterocycles. The standard InChI is InChI=1S/C23H29FN4O2.C23H28FN3O3/c1-26-11-13-27(14-12-26)23(30)28(10-9-18-5-3-2-4-6-18)17-20-8-7-19(15-21(20)24)22(29)16-25;1-25-12-14-26(15-13-25)23(29)27(11-10-18-6-4-3-5-7-18)17-20-9-8-19(16-21(20)24)22(28)30-2/h2-8,15H,9-14,16-17,25H2,1H3;3-9,16H,10-15,17H2,1-2H3. The highest BCUT2D eigenvalue weighted by molar-refractivity contribution is 5.97. The monoisotopic (exact) mass is 825 g/mol. The molecule has 0 atom stereocenters. The average molecular weight is 826 g/mol. The summed E-state index contributed by atoms with van der Waals surface area (Å²) in [5, 5.41) is 0. The molecule has 4 aromatic carbocycles. The molecular formula is C46H57F2N7O5. The number of halogens is 2. The van der Waals surface area contributed by atoms with Crippen LogP contribution in [0.3, 0.4) is 0 Å². The molecule has 4 amide bonds. The summed E-state index contributed by atoms with van der Waals surface area (Å²) in [6.45, 7) is 7.00. The number of piperazine rings is 2. The van der Waals surface area contributed by atoms with Crippen LogP contribution in [0.1, 0.15) is 43.0 Å². The number of Topliss-reactive ketones (excluding diaryl/α,β-unsaturated/α-hetero) is 1. The molecule has 2 aliphatic rings. The lowest BCUT2D eigenvalue weighted by Crippen LogP contribution is -2.52. The molecule has 0 saturated carbocycles. The number of esters is 1. The first kappa shape index (κ1) is 45.4. The van der Waals surface area contributed by atoms with Crippen LogP contribution in [0.4, 0.5) is 18.4 Å². The number of urea groups is 2. The molecule has 2 heterocycles. The van der Waals surface area contributed by atoms with Crippen molar-refractivity contribution in [2.75, 3.05) is 93.2 Å². The molecule has 2 fully saturated rings. The fourth-order valence-electron chi connectivity index (χ4n) is 7.00. The molecule has 2 aliphatic heterocycles. The molecule has 4 aromatic rings. The number of methoxy groups -OCH3 is 1. The van der Waals surface area contributed by atoms with Gasteiger partial charge in [-0.1, -0.05) is 78.9 Å². The molecule has 2 N–H and O–H groups in total. The Morgan fingerprint density at radius 3 is 1.38 bits per heavy atom. The zero-order valence-electron chi connectivity index (χ0n) is 34.9. The Morgan fingerprint density at radius 1 is 0.600 bits per heavy atom. The van der Waals surface area contributed by atoms with Crippen LogP contribution in [0.5, 0.6) is 0 Å². The van der Waals surface area contributed by atoms with Crippen molar-refractivity contribution >= 4 is 23.8 Å². The van der Waals surface area contributed by atoms with Gasteiger partial charge in [-0.3, -0.25) is 4.79 Å². The van der Waals surface area contributed by atoms with Gasteiger partial charge in [0, 0.05) is 82.1 Å². The van der Waals surface area contributed by atoms with Crippen molar-refractivity contribution in [1.29, 1.82) is 0 Å². The van der Waals surface area contributed by atoms with Gasteiger partial charge in [0.1, 0.15) is 11.6 Å². The minimum absolute atomic E-state index is 0.0828. The second kappa shape index (κ2) is 22.6. The number of benzene rings is 4. The van der Waals surface area contributed by atoms with Gasteiger partial charge in [-0.25, -0.2) is 23.2 Å². The largest absolute Gasteiger partial charge is 0.465 e. The van der Waals surface area contributed by atoms with E-state index in [2.05, 4.69) is 14.5 Å². The molecule has 6 rings (SSSR count). The number of hydrogen-bond donors (Lipinski definition) is 1. The normalized spacial score (nSPS) is 14.5. The number of likely N-dealkylation sites (N-methyl/N-ethyl adjacent to an activating group) is 2. The smallest absolute Gasteiger partial charge is 0.337 e. The van der Waals surface area contributed by atoms with Crippen molar-refractivity contribution < 1.29 is 32.7 Å². The zero-order chi connectivity index (χ0) is 43.0. The van der Waals surface area contributed by atoms with E-state index in [9.17, 15) is 28.0 Å². The third-order valence-corrected chi connectivity index (χ3v) is 10.9. The first-order valence-electron chi connectivity index (χ1n) is 20.4. The fourth-order valence-corrected chi connectivity index (χ4v) is 7.00. The van der Waals surface area contributed by atoms with Crippen LogP contribution in [0.25, 0.3) is 0 Å². The highest BCUT2D eigenvalue weighted by atomic mass is 19.1. The molecule has 0 spiro atoms. The number of ether oxygens (including phenoxy) is 1. The molecule has 60 heavy (non-hydrogen) atoms. The predicted octanol–water partition coefficient (Wildman–Crippen LogP) is 5.40. The molecule has 14 heteroatoms. The summed E-state index contributed by atoms with van der Waals surface area (Å²) in [6.07, 6.45) is 1.37. The average Bonchev–Trinajstić information content (AvgIpc) is 3.27. The summed E-state index contributed by atoms with van der Waals surface area (Å²) in [5.74, 6) is -1.91. The molecule has 0 radical (unpaired) electrons. The minimum Gasteiger partial charge on any atom is -0.465 e. The van der Waals surface area contributed by atoms with Gasteiger partial charge in [-0.15, -0.1) is 0 Å². The van der Waals surface area contributed by atoms with E-state index in [1.165, 1.54) is 19.2 Å². The number of rotatable bonds is 13. The van der Waals surface area contributed by atoms with Crippen molar-refractivity contribution in [1.82, 2.24) is 29.4 Å². The molecule has 320 valence electrons. The van der Waals surface area contributed by atoms with E-state index in [1.807, 2.05) is 84.6 Å². The number of nitrogens with zero attached hydrogens (tertiary/aromatic N) is 6. The quantitative estimate of drug-likeness (QED) is 0.141. The Hall–Kier alpha value is -5.70. The summed E-state index contributed by atoms with van der Waals surface area (Å²) in [4.78, 5) is 61.2. The number of hydrogen-bond acceptors (Lipinski definition) is 8. The summed E-state index contributed by atoms with van der Waals surface area (Å²) < 4.78 is 34.0. The summed E-state index contributed by atoms with van der Waals surface area (Å²) >= 11 is 0. The van der Waals surface area contributed by atoms with E-state index < -0.39 is 17.6 Å². The fraction of sp³-hybridized carbons (Fsp3) is 0.391. The van der Waals surface area contributed by atoms with E-state index in [0.29, 0.717) is 63.2 Å². The molecule has 0 bridgehead atoms. The first-order chi connectivity index (χ1) is 28.9. The second-order valence-corrected chi connectivity index (χ2v) is 15.2. The first-order valence-corrected chi connectivity index (χ1v) is 20.4. The highest BCUT2D eigenvalue weighted by Gasteiger charge is 2.27. The number of ketones is 1. The minimum atomic E-state index is -0.588. The van der Waals surface area contributed by atoms with Gasteiger partial charge in [0.25, 0.3) is 0 Å². The van der Waals surface area contributed by atoms with Crippen LogP contribution >= 0.6 is 0 Å². The van der Waals surface area contributed by atoms with Crippen molar-refractivity contribution in [3.63, 3.8) is 0 Å². The number of carbonyl (C=O) groups is 4. The lowest BCUT2D eigenvalue weighted by atomic mass is 10.1. The third-order valence-electron chi connectivity index (χ3n) is 10.9. The lowest BCUT2D eigenvalue weighted by molar-refractivity contribution is 0.0599. The third kappa shape index (κ3) is 13.2. The van der Waals surface area contributed by atoms with Gasteiger partial charge in [0.2, 0.25) is 0 Å². The Balaban J connectivity index is 0.000000228. The summed E-state index contributed by atoms with van der Waals surface area (Å²) in [5.41, 5.74) is 8.77. The van der Waals surface area contributed by atoms with Crippen LogP contribution in [0, 0.1) is 11.6 Å². The van der Waals surface area contributed by atoms with Gasteiger partial charge in [0.15, 0.2) is 5.78 Å².